The molecule has 0 rings (SSSR count). The molecule has 0 aromatic heterocycles. The number of rotatable bonds is 4. The molecule has 0 aliphatic rings. The zero-order chi connectivity index (χ0) is 9.02. The first kappa shape index (κ1) is 10.5. The monoisotopic (exact) mass is 163 g/mol. The Morgan fingerprint density at radius 1 is 1.45 bits per heavy atom. The summed E-state index contributed by atoms with van der Waals surface area (Å²) in [5.74, 6) is -0.817. The van der Waals surface area contributed by atoms with E-state index in [-0.39, 0.29) is 6.54 Å². The quantitative estimate of drug-likeness (QED) is 0.370. The van der Waals surface area contributed by atoms with Crippen LogP contribution in [0.5, 0.6) is 0 Å². The molecular formula is C6H13NO4. The van der Waals surface area contributed by atoms with Crippen molar-refractivity contribution in [2.24, 2.45) is 5.73 Å². The molecule has 3 unspecified atom stereocenters. The first-order valence-electron chi connectivity index (χ1n) is 3.28. The molecule has 0 aromatic rings. The zero-order valence-corrected chi connectivity index (χ0v) is 6.27. The molecule has 0 heterocycles. The summed E-state index contributed by atoms with van der Waals surface area (Å²) in [7, 11) is 0. The number of Topliss-reactive ketones (excluding diaryl/α,β-unsaturated/α-hetero) is 1. The molecule has 0 saturated heterocycles. The van der Waals surface area contributed by atoms with Gasteiger partial charge in [-0.1, -0.05) is 0 Å². The van der Waals surface area contributed by atoms with Crippen molar-refractivity contribution in [2.45, 2.75) is 25.2 Å². The summed E-state index contributed by atoms with van der Waals surface area (Å²) in [6.45, 7) is 1.01. The Labute approximate surface area is 64.4 Å². The van der Waals surface area contributed by atoms with E-state index in [0.29, 0.717) is 0 Å². The molecule has 0 fully saturated rings. The largest absolute Gasteiger partial charge is 0.389 e. The van der Waals surface area contributed by atoms with Crippen molar-refractivity contribution in [2.75, 3.05) is 6.54 Å². The van der Waals surface area contributed by atoms with Crippen molar-refractivity contribution in [3.8, 4) is 0 Å². The van der Waals surface area contributed by atoms with Gasteiger partial charge in [0.15, 0.2) is 5.78 Å². The highest BCUT2D eigenvalue weighted by Crippen LogP contribution is 1.97. The SMILES string of the molecule is CC(O)C(=O)C(O)C(O)CN. The molecule has 0 saturated carbocycles. The average molecular weight is 163 g/mol. The zero-order valence-electron chi connectivity index (χ0n) is 6.27. The van der Waals surface area contributed by atoms with Crippen molar-refractivity contribution in [3.63, 3.8) is 0 Å². The predicted molar refractivity (Wildman–Crippen MR) is 37.8 cm³/mol. The summed E-state index contributed by atoms with van der Waals surface area (Å²) >= 11 is 0. The van der Waals surface area contributed by atoms with Gasteiger partial charge in [-0.05, 0) is 6.92 Å². The van der Waals surface area contributed by atoms with Crippen molar-refractivity contribution in [3.05, 3.63) is 0 Å². The minimum absolute atomic E-state index is 0.209. The highest BCUT2D eigenvalue weighted by Gasteiger charge is 2.25. The fourth-order valence-corrected chi connectivity index (χ4v) is 0.566. The molecule has 0 aliphatic carbocycles. The van der Waals surface area contributed by atoms with E-state index in [9.17, 15) is 4.79 Å². The van der Waals surface area contributed by atoms with Gasteiger partial charge >= 0.3 is 0 Å². The van der Waals surface area contributed by atoms with Gasteiger partial charge in [-0.25, -0.2) is 0 Å². The number of aliphatic hydroxyl groups excluding tert-OH is 3. The number of nitrogens with two attached hydrogens (primary N) is 1. The lowest BCUT2D eigenvalue weighted by Gasteiger charge is -2.15. The van der Waals surface area contributed by atoms with Crippen molar-refractivity contribution in [1.29, 1.82) is 0 Å². The Morgan fingerprint density at radius 2 is 1.91 bits per heavy atom. The molecule has 0 aromatic carbocycles. The van der Waals surface area contributed by atoms with E-state index in [2.05, 4.69) is 0 Å². The van der Waals surface area contributed by atoms with Gasteiger partial charge in [-0.3, -0.25) is 4.79 Å². The van der Waals surface area contributed by atoms with E-state index in [1.807, 2.05) is 0 Å². The lowest BCUT2D eigenvalue weighted by molar-refractivity contribution is -0.140. The number of hydrogen-bond donors (Lipinski definition) is 4. The minimum Gasteiger partial charge on any atom is -0.389 e. The van der Waals surface area contributed by atoms with Crippen molar-refractivity contribution >= 4 is 5.78 Å². The van der Waals surface area contributed by atoms with E-state index in [4.69, 9.17) is 21.1 Å². The third-order valence-electron chi connectivity index (χ3n) is 1.31. The summed E-state index contributed by atoms with van der Waals surface area (Å²) in [5, 5.41) is 26.4. The summed E-state index contributed by atoms with van der Waals surface area (Å²) in [6.07, 6.45) is -4.15. The van der Waals surface area contributed by atoms with Crippen LogP contribution < -0.4 is 5.73 Å². The molecule has 5 nitrogen and oxygen atoms in total. The molecule has 3 atom stereocenters. The summed E-state index contributed by atoms with van der Waals surface area (Å²) in [4.78, 5) is 10.7. The normalized spacial score (nSPS) is 19.0. The van der Waals surface area contributed by atoms with Gasteiger partial charge in [-0.2, -0.15) is 0 Å². The van der Waals surface area contributed by atoms with Crippen LogP contribution in [0, 0.1) is 0 Å². The Morgan fingerprint density at radius 3 is 2.18 bits per heavy atom. The van der Waals surface area contributed by atoms with Gasteiger partial charge in [0.2, 0.25) is 0 Å². The lowest BCUT2D eigenvalue weighted by Crippen LogP contribution is -2.42. The minimum atomic E-state index is -1.58. The highest BCUT2D eigenvalue weighted by molar-refractivity contribution is 5.87. The number of carbonyl (C=O) groups is 1. The van der Waals surface area contributed by atoms with Crippen LogP contribution in [0.2, 0.25) is 0 Å². The van der Waals surface area contributed by atoms with Crippen LogP contribution in [-0.2, 0) is 4.79 Å². The molecule has 11 heavy (non-hydrogen) atoms. The van der Waals surface area contributed by atoms with Crippen molar-refractivity contribution < 1.29 is 20.1 Å². The topological polar surface area (TPSA) is 104 Å². The number of carbonyl (C=O) groups excluding carboxylic acids is 1. The lowest BCUT2D eigenvalue weighted by atomic mass is 10.1. The molecule has 5 N–H and O–H groups in total. The van der Waals surface area contributed by atoms with Crippen molar-refractivity contribution in [1.82, 2.24) is 0 Å². The Hall–Kier alpha value is -0.490. The predicted octanol–water partition coefficient (Wildman–Crippen LogP) is -2.38. The molecule has 0 amide bonds. The van der Waals surface area contributed by atoms with E-state index in [0.717, 1.165) is 0 Å². The molecule has 66 valence electrons. The average Bonchev–Trinajstić information content (AvgIpc) is 2.00. The molecular weight excluding hydrogens is 150 g/mol. The van der Waals surface area contributed by atoms with Gasteiger partial charge in [0.25, 0.3) is 0 Å². The van der Waals surface area contributed by atoms with Crippen LogP contribution in [0.15, 0.2) is 0 Å². The van der Waals surface area contributed by atoms with E-state index in [1.54, 1.807) is 0 Å². The number of ketones is 1. The van der Waals surface area contributed by atoms with Crippen LogP contribution in [0.3, 0.4) is 0 Å². The maximum absolute atomic E-state index is 10.7. The second-order valence-electron chi connectivity index (χ2n) is 2.33. The molecule has 5 heteroatoms. The first-order valence-corrected chi connectivity index (χ1v) is 3.28. The fourth-order valence-electron chi connectivity index (χ4n) is 0.566. The molecule has 0 spiro atoms. The number of hydrogen-bond acceptors (Lipinski definition) is 5. The summed E-state index contributed by atoms with van der Waals surface area (Å²) in [6, 6.07) is 0. The van der Waals surface area contributed by atoms with E-state index in [1.165, 1.54) is 6.92 Å². The summed E-state index contributed by atoms with van der Waals surface area (Å²) in [5.41, 5.74) is 4.97. The maximum Gasteiger partial charge on any atom is 0.192 e. The third kappa shape index (κ3) is 2.94. The Balaban J connectivity index is 4.02. The van der Waals surface area contributed by atoms with Gasteiger partial charge in [-0.15, -0.1) is 0 Å². The fraction of sp³-hybridized carbons (Fsp3) is 0.833. The van der Waals surface area contributed by atoms with Gasteiger partial charge in [0.1, 0.15) is 12.2 Å². The summed E-state index contributed by atoms with van der Waals surface area (Å²) < 4.78 is 0. The van der Waals surface area contributed by atoms with Crippen LogP contribution in [0.4, 0.5) is 0 Å². The van der Waals surface area contributed by atoms with Gasteiger partial charge < -0.3 is 21.1 Å². The maximum atomic E-state index is 10.7. The standard InChI is InChI=1S/C6H13NO4/c1-3(8)5(10)6(11)4(9)2-7/h3-4,6,8-9,11H,2,7H2,1H3. The Bertz CT molecular complexity index is 137. The van der Waals surface area contributed by atoms with Crippen LogP contribution in [-0.4, -0.2) is 46.0 Å². The van der Waals surface area contributed by atoms with Crippen LogP contribution in [0.1, 0.15) is 6.92 Å². The van der Waals surface area contributed by atoms with E-state index < -0.39 is 24.1 Å². The van der Waals surface area contributed by atoms with Crippen LogP contribution >= 0.6 is 0 Å². The van der Waals surface area contributed by atoms with E-state index >= 15 is 0 Å². The van der Waals surface area contributed by atoms with Crippen LogP contribution in [0.25, 0.3) is 0 Å². The molecule has 0 bridgehead atoms. The van der Waals surface area contributed by atoms with Gasteiger partial charge in [0, 0.05) is 6.54 Å². The Kier molecular flexibility index (Phi) is 4.20. The third-order valence-corrected chi connectivity index (χ3v) is 1.31. The second-order valence-corrected chi connectivity index (χ2v) is 2.33. The number of aliphatic hydroxyl groups is 3. The first-order chi connectivity index (χ1) is 5.00. The smallest absolute Gasteiger partial charge is 0.192 e. The second kappa shape index (κ2) is 4.40. The highest BCUT2D eigenvalue weighted by atomic mass is 16.3. The van der Waals surface area contributed by atoms with Gasteiger partial charge in [0.05, 0.1) is 6.10 Å². The molecule has 0 radical (unpaired) electrons. The molecule has 0 aliphatic heterocycles.